The second-order valence-electron chi connectivity index (χ2n) is 5.81. The molecule has 7 nitrogen and oxygen atoms in total. The number of para-hydroxylation sites is 1. The normalized spacial score (nSPS) is 10.3. The molecule has 26 heavy (non-hydrogen) atoms. The lowest BCUT2D eigenvalue weighted by atomic mass is 10.1. The number of benzene rings is 2. The Balaban J connectivity index is 1.75. The summed E-state index contributed by atoms with van der Waals surface area (Å²) in [4.78, 5) is 17.0. The van der Waals surface area contributed by atoms with Gasteiger partial charge in [-0.15, -0.1) is 0 Å². The maximum atomic E-state index is 10.9. The molecule has 0 radical (unpaired) electrons. The average Bonchev–Trinajstić information content (AvgIpc) is 2.67. The lowest BCUT2D eigenvalue weighted by Crippen LogP contribution is -2.24. The zero-order valence-corrected chi connectivity index (χ0v) is 14.2. The van der Waals surface area contributed by atoms with Gasteiger partial charge >= 0.3 is 0 Å². The van der Waals surface area contributed by atoms with E-state index in [9.17, 15) is 15.4 Å². The number of nitrogens with one attached hydrogen (secondary N) is 1. The SMILES string of the molecule is CN(CCNc1cc(C#N)c2cc([N+](=O)[O-])ccc2n1)c1ccccc1. The molecule has 0 amide bonds. The number of hydrogen-bond acceptors (Lipinski definition) is 6. The predicted octanol–water partition coefficient (Wildman–Crippen LogP) is 3.56. The van der Waals surface area contributed by atoms with Crippen molar-refractivity contribution >= 4 is 28.1 Å². The molecular formula is C19H17N5O2. The number of likely N-dealkylation sites (N-methyl/N-ethyl adjacent to an activating group) is 1. The maximum Gasteiger partial charge on any atom is 0.270 e. The van der Waals surface area contributed by atoms with E-state index in [1.54, 1.807) is 12.1 Å². The third-order valence-corrected chi connectivity index (χ3v) is 4.07. The topological polar surface area (TPSA) is 95.1 Å². The summed E-state index contributed by atoms with van der Waals surface area (Å²) in [6, 6.07) is 18.1. The van der Waals surface area contributed by atoms with E-state index in [2.05, 4.69) is 21.3 Å². The number of non-ortho nitro benzene ring substituents is 1. The van der Waals surface area contributed by atoms with Gasteiger partial charge in [-0.25, -0.2) is 4.98 Å². The number of pyridine rings is 1. The molecule has 0 unspecified atom stereocenters. The van der Waals surface area contributed by atoms with E-state index in [-0.39, 0.29) is 5.69 Å². The summed E-state index contributed by atoms with van der Waals surface area (Å²) >= 11 is 0. The van der Waals surface area contributed by atoms with Gasteiger partial charge in [0.05, 0.1) is 22.1 Å². The van der Waals surface area contributed by atoms with Crippen LogP contribution in [0.4, 0.5) is 17.2 Å². The molecule has 1 N–H and O–H groups in total. The summed E-state index contributed by atoms with van der Waals surface area (Å²) < 4.78 is 0. The standard InChI is InChI=1S/C19H17N5O2/c1-23(15-5-3-2-4-6-15)10-9-21-19-11-14(13-20)17-12-16(24(25)26)7-8-18(17)22-19/h2-8,11-12H,9-10H2,1H3,(H,21,22). The van der Waals surface area contributed by atoms with E-state index < -0.39 is 4.92 Å². The Kier molecular flexibility index (Phi) is 4.94. The van der Waals surface area contributed by atoms with Gasteiger partial charge in [0.2, 0.25) is 0 Å². The number of nitrogens with zero attached hydrogens (tertiary/aromatic N) is 4. The van der Waals surface area contributed by atoms with Gasteiger partial charge < -0.3 is 10.2 Å². The molecule has 7 heteroatoms. The number of rotatable bonds is 6. The number of nitro benzene ring substituents is 1. The first-order valence-electron chi connectivity index (χ1n) is 8.08. The van der Waals surface area contributed by atoms with Crippen molar-refractivity contribution in [3.05, 3.63) is 70.3 Å². The highest BCUT2D eigenvalue weighted by atomic mass is 16.6. The van der Waals surface area contributed by atoms with E-state index in [0.29, 0.717) is 28.8 Å². The van der Waals surface area contributed by atoms with Crippen LogP contribution in [0.25, 0.3) is 10.9 Å². The molecule has 0 spiro atoms. The molecule has 0 saturated heterocycles. The van der Waals surface area contributed by atoms with Crippen LogP contribution in [0.5, 0.6) is 0 Å². The fraction of sp³-hybridized carbons (Fsp3) is 0.158. The minimum atomic E-state index is -0.480. The van der Waals surface area contributed by atoms with Crippen molar-refractivity contribution < 1.29 is 4.92 Å². The predicted molar refractivity (Wildman–Crippen MR) is 101 cm³/mol. The number of nitro groups is 1. The van der Waals surface area contributed by atoms with Crippen molar-refractivity contribution in [1.29, 1.82) is 5.26 Å². The molecule has 0 aliphatic carbocycles. The minimum Gasteiger partial charge on any atom is -0.373 e. The molecule has 0 aliphatic heterocycles. The van der Waals surface area contributed by atoms with Crippen LogP contribution in [-0.4, -0.2) is 30.0 Å². The largest absolute Gasteiger partial charge is 0.373 e. The van der Waals surface area contributed by atoms with Gasteiger partial charge in [-0.3, -0.25) is 10.1 Å². The van der Waals surface area contributed by atoms with Crippen LogP contribution in [0, 0.1) is 21.4 Å². The Morgan fingerprint density at radius 1 is 1.23 bits per heavy atom. The van der Waals surface area contributed by atoms with Crippen molar-refractivity contribution in [3.8, 4) is 6.07 Å². The highest BCUT2D eigenvalue weighted by molar-refractivity contribution is 5.88. The van der Waals surface area contributed by atoms with Gasteiger partial charge in [0.15, 0.2) is 0 Å². The number of hydrogen-bond donors (Lipinski definition) is 1. The third-order valence-electron chi connectivity index (χ3n) is 4.07. The summed E-state index contributed by atoms with van der Waals surface area (Å²) in [5.41, 5.74) is 1.97. The molecule has 0 fully saturated rings. The van der Waals surface area contributed by atoms with Gasteiger partial charge in [0, 0.05) is 43.3 Å². The van der Waals surface area contributed by atoms with Crippen molar-refractivity contribution in [3.63, 3.8) is 0 Å². The molecule has 0 aliphatic rings. The second-order valence-corrected chi connectivity index (χ2v) is 5.81. The average molecular weight is 347 g/mol. The first-order valence-corrected chi connectivity index (χ1v) is 8.08. The van der Waals surface area contributed by atoms with E-state index >= 15 is 0 Å². The van der Waals surface area contributed by atoms with Gasteiger partial charge in [0.25, 0.3) is 5.69 Å². The summed E-state index contributed by atoms with van der Waals surface area (Å²) in [5.74, 6) is 0.573. The van der Waals surface area contributed by atoms with Crippen LogP contribution in [0.1, 0.15) is 5.56 Å². The lowest BCUT2D eigenvalue weighted by molar-refractivity contribution is -0.384. The number of nitriles is 1. The molecule has 0 saturated carbocycles. The van der Waals surface area contributed by atoms with E-state index in [0.717, 1.165) is 12.2 Å². The maximum absolute atomic E-state index is 10.9. The number of aromatic nitrogens is 1. The molecule has 1 aromatic heterocycles. The molecule has 3 rings (SSSR count). The molecule has 0 atom stereocenters. The van der Waals surface area contributed by atoms with Crippen molar-refractivity contribution in [1.82, 2.24) is 4.98 Å². The number of fused-ring (bicyclic) bond motifs is 1. The summed E-state index contributed by atoms with van der Waals surface area (Å²) in [7, 11) is 2.00. The first kappa shape index (κ1) is 17.2. The Hall–Kier alpha value is -3.66. The third kappa shape index (κ3) is 3.70. The van der Waals surface area contributed by atoms with Crippen LogP contribution in [0.2, 0.25) is 0 Å². The molecule has 1 heterocycles. The zero-order chi connectivity index (χ0) is 18.5. The lowest BCUT2D eigenvalue weighted by Gasteiger charge is -2.19. The fourth-order valence-corrected chi connectivity index (χ4v) is 2.67. The first-order chi connectivity index (χ1) is 12.6. The smallest absolute Gasteiger partial charge is 0.270 e. The second kappa shape index (κ2) is 7.49. The Labute approximate surface area is 150 Å². The van der Waals surface area contributed by atoms with E-state index in [1.165, 1.54) is 12.1 Å². The van der Waals surface area contributed by atoms with Crippen molar-refractivity contribution in [2.75, 3.05) is 30.4 Å². The quantitative estimate of drug-likeness (QED) is 0.541. The molecular weight excluding hydrogens is 330 g/mol. The minimum absolute atomic E-state index is 0.0546. The van der Waals surface area contributed by atoms with Crippen molar-refractivity contribution in [2.24, 2.45) is 0 Å². The van der Waals surface area contributed by atoms with Gasteiger partial charge in [-0.2, -0.15) is 5.26 Å². The van der Waals surface area contributed by atoms with Gasteiger partial charge in [-0.05, 0) is 24.3 Å². The fourth-order valence-electron chi connectivity index (χ4n) is 2.67. The molecule has 3 aromatic rings. The van der Waals surface area contributed by atoms with Crippen LogP contribution in [-0.2, 0) is 0 Å². The Morgan fingerprint density at radius 3 is 2.69 bits per heavy atom. The van der Waals surface area contributed by atoms with E-state index in [1.807, 2.05) is 37.4 Å². The van der Waals surface area contributed by atoms with Gasteiger partial charge in [-0.1, -0.05) is 18.2 Å². The van der Waals surface area contributed by atoms with Gasteiger partial charge in [0.1, 0.15) is 5.82 Å². The summed E-state index contributed by atoms with van der Waals surface area (Å²) in [6.45, 7) is 1.40. The van der Waals surface area contributed by atoms with E-state index in [4.69, 9.17) is 0 Å². The molecule has 0 bridgehead atoms. The zero-order valence-electron chi connectivity index (χ0n) is 14.2. The monoisotopic (exact) mass is 347 g/mol. The molecule has 2 aromatic carbocycles. The summed E-state index contributed by atoms with van der Waals surface area (Å²) in [5, 5.41) is 24.0. The Morgan fingerprint density at radius 2 is 2.00 bits per heavy atom. The molecule has 130 valence electrons. The summed E-state index contributed by atoms with van der Waals surface area (Å²) in [6.07, 6.45) is 0. The van der Waals surface area contributed by atoms with Crippen LogP contribution < -0.4 is 10.2 Å². The number of anilines is 2. The van der Waals surface area contributed by atoms with Crippen molar-refractivity contribution in [2.45, 2.75) is 0 Å². The highest BCUT2D eigenvalue weighted by Gasteiger charge is 2.11. The van der Waals surface area contributed by atoms with Crippen LogP contribution in [0.15, 0.2) is 54.6 Å². The van der Waals surface area contributed by atoms with Crippen LogP contribution >= 0.6 is 0 Å². The van der Waals surface area contributed by atoms with Crippen LogP contribution in [0.3, 0.4) is 0 Å². The Bertz CT molecular complexity index is 982. The highest BCUT2D eigenvalue weighted by Crippen LogP contribution is 2.24.